The Morgan fingerprint density at radius 1 is 1.00 bits per heavy atom. The molecule has 0 fully saturated rings. The Balaban J connectivity index is 1.73. The van der Waals surface area contributed by atoms with Gasteiger partial charge in [0.05, 0.1) is 0 Å². The Morgan fingerprint density at radius 2 is 1.73 bits per heavy atom. The quantitative estimate of drug-likeness (QED) is 0.741. The van der Waals surface area contributed by atoms with Crippen LogP contribution in [0, 0.1) is 0 Å². The van der Waals surface area contributed by atoms with Gasteiger partial charge in [-0.15, -0.1) is 0 Å². The van der Waals surface area contributed by atoms with Crippen molar-refractivity contribution in [1.29, 1.82) is 0 Å². The van der Waals surface area contributed by atoms with E-state index in [-0.39, 0.29) is 6.03 Å². The van der Waals surface area contributed by atoms with E-state index in [4.69, 9.17) is 0 Å². The van der Waals surface area contributed by atoms with E-state index in [0.29, 0.717) is 16.9 Å². The lowest BCUT2D eigenvalue weighted by atomic mass is 10.0. The van der Waals surface area contributed by atoms with Crippen molar-refractivity contribution >= 4 is 39.6 Å². The number of fused-ring (bicyclic) bond motifs is 1. The van der Waals surface area contributed by atoms with Crippen molar-refractivity contribution in [2.75, 3.05) is 5.32 Å². The molecule has 0 radical (unpaired) electrons. The molecule has 22 heavy (non-hydrogen) atoms. The second kappa shape index (κ2) is 6.58. The summed E-state index contributed by atoms with van der Waals surface area (Å²) in [7, 11) is 0. The number of carbonyl (C=O) groups excluding carboxylic acids is 1. The van der Waals surface area contributed by atoms with Crippen molar-refractivity contribution in [2.24, 2.45) is 4.99 Å². The molecule has 1 heterocycles. The lowest BCUT2D eigenvalue weighted by Gasteiger charge is -2.10. The van der Waals surface area contributed by atoms with Crippen LogP contribution < -0.4 is 10.6 Å². The van der Waals surface area contributed by atoms with E-state index in [1.54, 1.807) is 0 Å². The Bertz CT molecular complexity index is 754. The standard InChI is InChI=1S/C17H14BrN3O/c18-15-10-12-6-4-5-7-13(12)11-16(20-15)21-17(22)19-14-8-2-1-3-9-14/h1-10H,11H2,(H2,19,20,21,22). The number of nitrogens with one attached hydrogen (secondary N) is 2. The summed E-state index contributed by atoms with van der Waals surface area (Å²) in [4.78, 5) is 16.5. The Kier molecular flexibility index (Phi) is 4.34. The van der Waals surface area contributed by atoms with Gasteiger partial charge in [-0.1, -0.05) is 42.5 Å². The van der Waals surface area contributed by atoms with E-state index in [2.05, 4.69) is 31.6 Å². The number of carbonyl (C=O) groups is 1. The van der Waals surface area contributed by atoms with Crippen LogP contribution in [0.3, 0.4) is 0 Å². The molecule has 4 nitrogen and oxygen atoms in total. The molecule has 2 aromatic rings. The van der Waals surface area contributed by atoms with Gasteiger partial charge in [0.2, 0.25) is 0 Å². The molecule has 0 saturated heterocycles. The summed E-state index contributed by atoms with van der Waals surface area (Å²) < 4.78 is 0.687. The zero-order valence-corrected chi connectivity index (χ0v) is 13.3. The predicted octanol–water partition coefficient (Wildman–Crippen LogP) is 4.16. The summed E-state index contributed by atoms with van der Waals surface area (Å²) in [6.07, 6.45) is 2.52. The van der Waals surface area contributed by atoms with Gasteiger partial charge >= 0.3 is 6.03 Å². The fourth-order valence-electron chi connectivity index (χ4n) is 2.23. The molecular formula is C17H14BrN3O. The van der Waals surface area contributed by atoms with Crippen molar-refractivity contribution in [3.63, 3.8) is 0 Å². The fourth-order valence-corrected chi connectivity index (χ4v) is 2.69. The fraction of sp³-hybridized carbons (Fsp3) is 0.0588. The number of para-hydroxylation sites is 1. The van der Waals surface area contributed by atoms with Crippen molar-refractivity contribution < 1.29 is 4.79 Å². The van der Waals surface area contributed by atoms with Gasteiger partial charge in [-0.2, -0.15) is 0 Å². The van der Waals surface area contributed by atoms with E-state index >= 15 is 0 Å². The average molecular weight is 356 g/mol. The largest absolute Gasteiger partial charge is 0.324 e. The van der Waals surface area contributed by atoms with Crippen LogP contribution >= 0.6 is 15.9 Å². The van der Waals surface area contributed by atoms with E-state index in [1.807, 2.05) is 60.7 Å². The monoisotopic (exact) mass is 355 g/mol. The average Bonchev–Trinajstić information content (AvgIpc) is 2.65. The molecule has 0 aliphatic carbocycles. The summed E-state index contributed by atoms with van der Waals surface area (Å²) in [5.41, 5.74) is 2.96. The maximum atomic E-state index is 12.1. The maximum absolute atomic E-state index is 12.1. The molecule has 3 rings (SSSR count). The van der Waals surface area contributed by atoms with Crippen LogP contribution in [-0.4, -0.2) is 11.9 Å². The lowest BCUT2D eigenvalue weighted by molar-refractivity contribution is 0.256. The van der Waals surface area contributed by atoms with Crippen LogP contribution in [0.2, 0.25) is 0 Å². The first kappa shape index (κ1) is 14.5. The third kappa shape index (κ3) is 3.62. The molecular weight excluding hydrogens is 342 g/mol. The molecule has 2 aromatic carbocycles. The van der Waals surface area contributed by atoms with Gasteiger partial charge < -0.3 is 5.32 Å². The van der Waals surface area contributed by atoms with Crippen LogP contribution in [0.15, 0.2) is 64.2 Å². The topological polar surface area (TPSA) is 53.5 Å². The zero-order valence-electron chi connectivity index (χ0n) is 11.7. The van der Waals surface area contributed by atoms with Crippen LogP contribution in [-0.2, 0) is 6.42 Å². The first-order valence-corrected chi connectivity index (χ1v) is 7.66. The number of amides is 2. The predicted molar refractivity (Wildman–Crippen MR) is 93.1 cm³/mol. The van der Waals surface area contributed by atoms with E-state index in [0.717, 1.165) is 16.8 Å². The summed E-state index contributed by atoms with van der Waals surface area (Å²) in [5, 5.41) is 5.59. The number of hydrogen-bond donors (Lipinski definition) is 2. The number of benzene rings is 2. The first-order valence-electron chi connectivity index (χ1n) is 6.86. The van der Waals surface area contributed by atoms with Crippen molar-refractivity contribution in [3.05, 3.63) is 70.3 Å². The number of halogens is 1. The van der Waals surface area contributed by atoms with Gasteiger partial charge in [0.25, 0.3) is 0 Å². The van der Waals surface area contributed by atoms with Gasteiger partial charge in [0.1, 0.15) is 10.4 Å². The maximum Gasteiger partial charge on any atom is 0.324 e. The highest BCUT2D eigenvalue weighted by Gasteiger charge is 2.13. The van der Waals surface area contributed by atoms with Gasteiger partial charge in [0, 0.05) is 12.1 Å². The summed E-state index contributed by atoms with van der Waals surface area (Å²) >= 11 is 3.41. The molecule has 1 aliphatic rings. The van der Waals surface area contributed by atoms with Crippen molar-refractivity contribution in [3.8, 4) is 0 Å². The molecule has 110 valence electrons. The highest BCUT2D eigenvalue weighted by atomic mass is 79.9. The molecule has 0 atom stereocenters. The molecule has 1 aliphatic heterocycles. The second-order valence-corrected chi connectivity index (χ2v) is 5.66. The molecule has 2 N–H and O–H groups in total. The van der Waals surface area contributed by atoms with Crippen LogP contribution in [0.1, 0.15) is 11.1 Å². The van der Waals surface area contributed by atoms with Crippen molar-refractivity contribution in [2.45, 2.75) is 6.42 Å². The van der Waals surface area contributed by atoms with Gasteiger partial charge in [0.15, 0.2) is 0 Å². The van der Waals surface area contributed by atoms with Crippen LogP contribution in [0.25, 0.3) is 6.08 Å². The highest BCUT2D eigenvalue weighted by Crippen LogP contribution is 2.21. The third-order valence-corrected chi connectivity index (χ3v) is 3.63. The number of nitrogens with zero attached hydrogens (tertiary/aromatic N) is 1. The SMILES string of the molecule is O=C(NC1=NC(Br)=Cc2ccccc2C1)Nc1ccccc1. The summed E-state index contributed by atoms with van der Waals surface area (Å²) in [5.74, 6) is 0.599. The van der Waals surface area contributed by atoms with Crippen LogP contribution in [0.5, 0.6) is 0 Å². The van der Waals surface area contributed by atoms with Crippen LogP contribution in [0.4, 0.5) is 10.5 Å². The van der Waals surface area contributed by atoms with Gasteiger partial charge in [-0.25, -0.2) is 9.79 Å². The zero-order chi connectivity index (χ0) is 15.4. The number of rotatable bonds is 1. The third-order valence-electron chi connectivity index (χ3n) is 3.22. The minimum atomic E-state index is -0.301. The Morgan fingerprint density at radius 3 is 2.55 bits per heavy atom. The van der Waals surface area contributed by atoms with E-state index < -0.39 is 0 Å². The summed E-state index contributed by atoms with van der Waals surface area (Å²) in [6.45, 7) is 0. The molecule has 0 unspecified atom stereocenters. The smallest absolute Gasteiger partial charge is 0.308 e. The van der Waals surface area contributed by atoms with E-state index in [1.165, 1.54) is 0 Å². The van der Waals surface area contributed by atoms with Crippen molar-refractivity contribution in [1.82, 2.24) is 5.32 Å². The second-order valence-electron chi connectivity index (χ2n) is 4.85. The number of urea groups is 1. The Labute approximate surface area is 137 Å². The lowest BCUT2D eigenvalue weighted by Crippen LogP contribution is -2.35. The molecule has 2 amide bonds. The number of amidine groups is 1. The van der Waals surface area contributed by atoms with Gasteiger partial charge in [-0.05, 0) is 45.3 Å². The number of aliphatic imine (C=N–C) groups is 1. The normalized spacial score (nSPS) is 13.3. The Hall–Kier alpha value is -2.40. The minimum absolute atomic E-state index is 0.301. The molecule has 5 heteroatoms. The highest BCUT2D eigenvalue weighted by molar-refractivity contribution is 9.11. The molecule has 0 spiro atoms. The van der Waals surface area contributed by atoms with Gasteiger partial charge in [-0.3, -0.25) is 5.32 Å². The minimum Gasteiger partial charge on any atom is -0.308 e. The molecule has 0 saturated carbocycles. The van der Waals surface area contributed by atoms with E-state index in [9.17, 15) is 4.79 Å². The molecule has 0 aromatic heterocycles. The summed E-state index contributed by atoms with van der Waals surface area (Å²) in [6, 6.07) is 17.0. The first-order chi connectivity index (χ1) is 10.7. The molecule has 0 bridgehead atoms. The number of hydrogen-bond acceptors (Lipinski definition) is 2. The number of anilines is 1.